The Morgan fingerprint density at radius 2 is 2.21 bits per heavy atom. The number of H-pyrrole nitrogens is 1. The molecule has 5 heteroatoms. The summed E-state index contributed by atoms with van der Waals surface area (Å²) in [4.78, 5) is 14.4. The second-order valence-electron chi connectivity index (χ2n) is 5.14. The number of hydrogen-bond acceptors (Lipinski definition) is 3. The van der Waals surface area contributed by atoms with Gasteiger partial charge in [-0.15, -0.1) is 0 Å². The first-order chi connectivity index (χ1) is 9.08. The summed E-state index contributed by atoms with van der Waals surface area (Å²) in [6, 6.07) is 0. The molecule has 106 valence electrons. The molecule has 1 amide bonds. The molecule has 0 saturated carbocycles. The Hall–Kier alpha value is -1.36. The van der Waals surface area contributed by atoms with E-state index in [2.05, 4.69) is 17.1 Å². The topological polar surface area (TPSA) is 58.2 Å². The van der Waals surface area contributed by atoms with Crippen molar-refractivity contribution in [2.45, 2.75) is 52.7 Å². The molecule has 0 radical (unpaired) electrons. The van der Waals surface area contributed by atoms with Crippen LogP contribution >= 0.6 is 0 Å². The van der Waals surface area contributed by atoms with Crippen LogP contribution < -0.4 is 0 Å². The summed E-state index contributed by atoms with van der Waals surface area (Å²) in [5.74, 6) is 0.0307. The first-order valence-electron chi connectivity index (χ1n) is 7.10. The largest absolute Gasteiger partial charge is 0.369 e. The van der Waals surface area contributed by atoms with E-state index in [1.165, 1.54) is 0 Å². The zero-order valence-electron chi connectivity index (χ0n) is 12.2. The highest BCUT2D eigenvalue weighted by atomic mass is 16.5. The molecule has 5 nitrogen and oxygen atoms in total. The summed E-state index contributed by atoms with van der Waals surface area (Å²) in [7, 11) is 0. The molecule has 0 aliphatic carbocycles. The van der Waals surface area contributed by atoms with E-state index in [0.29, 0.717) is 5.69 Å². The van der Waals surface area contributed by atoms with Gasteiger partial charge in [-0.2, -0.15) is 5.10 Å². The summed E-state index contributed by atoms with van der Waals surface area (Å²) in [5.41, 5.74) is 2.56. The van der Waals surface area contributed by atoms with Crippen LogP contribution in [0.5, 0.6) is 0 Å². The van der Waals surface area contributed by atoms with E-state index < -0.39 is 0 Å². The van der Waals surface area contributed by atoms with Crippen LogP contribution in [0.2, 0.25) is 0 Å². The highest BCUT2D eigenvalue weighted by molar-refractivity contribution is 5.94. The third-order valence-electron chi connectivity index (χ3n) is 3.60. The van der Waals surface area contributed by atoms with Crippen molar-refractivity contribution in [1.29, 1.82) is 0 Å². The van der Waals surface area contributed by atoms with Gasteiger partial charge >= 0.3 is 0 Å². The number of carbonyl (C=O) groups excluding carboxylic acids is 1. The maximum Gasteiger partial charge on any atom is 0.274 e. The van der Waals surface area contributed by atoms with Gasteiger partial charge in [-0.1, -0.05) is 6.92 Å². The van der Waals surface area contributed by atoms with Crippen molar-refractivity contribution in [1.82, 2.24) is 15.1 Å². The summed E-state index contributed by atoms with van der Waals surface area (Å²) in [6.45, 7) is 9.60. The van der Waals surface area contributed by atoms with Gasteiger partial charge in [-0.3, -0.25) is 9.89 Å². The zero-order valence-corrected chi connectivity index (χ0v) is 12.2. The van der Waals surface area contributed by atoms with Crippen LogP contribution in [0.25, 0.3) is 0 Å². The summed E-state index contributed by atoms with van der Waals surface area (Å²) >= 11 is 0. The van der Waals surface area contributed by atoms with Gasteiger partial charge in [0.2, 0.25) is 0 Å². The number of ether oxygens (including phenoxy) is 1. The predicted octanol–water partition coefficient (Wildman–Crippen LogP) is 2.30. The van der Waals surface area contributed by atoms with Gasteiger partial charge in [0.25, 0.3) is 5.91 Å². The molecule has 0 unspecified atom stereocenters. The Morgan fingerprint density at radius 3 is 2.84 bits per heavy atom. The normalized spacial score (nSPS) is 22.1. The van der Waals surface area contributed by atoms with Crippen LogP contribution in [0.1, 0.15) is 62.0 Å². The smallest absolute Gasteiger partial charge is 0.274 e. The zero-order chi connectivity index (χ0) is 14.0. The summed E-state index contributed by atoms with van der Waals surface area (Å²) in [6.07, 6.45) is 1.82. The average molecular weight is 265 g/mol. The number of hydrogen-bond donors (Lipinski definition) is 1. The van der Waals surface area contributed by atoms with Crippen LogP contribution in [0.15, 0.2) is 0 Å². The fraction of sp³-hybridized carbons (Fsp3) is 0.714. The Labute approximate surface area is 114 Å². The molecule has 0 spiro atoms. The number of aromatic nitrogens is 2. The molecule has 1 aromatic heterocycles. The van der Waals surface area contributed by atoms with E-state index in [-0.39, 0.29) is 18.1 Å². The molecule has 1 aliphatic rings. The van der Waals surface area contributed by atoms with Crippen molar-refractivity contribution in [2.75, 3.05) is 13.1 Å². The number of carbonyl (C=O) groups is 1. The van der Waals surface area contributed by atoms with Crippen molar-refractivity contribution in [3.8, 4) is 0 Å². The maximum absolute atomic E-state index is 12.5. The van der Waals surface area contributed by atoms with Gasteiger partial charge in [-0.25, -0.2) is 0 Å². The number of fused-ring (bicyclic) bond motifs is 1. The Morgan fingerprint density at radius 1 is 1.47 bits per heavy atom. The Kier molecular flexibility index (Phi) is 4.24. The first kappa shape index (κ1) is 14.1. The first-order valence-corrected chi connectivity index (χ1v) is 7.10. The molecular weight excluding hydrogens is 242 g/mol. The van der Waals surface area contributed by atoms with Gasteiger partial charge in [0.15, 0.2) is 5.69 Å². The third-order valence-corrected chi connectivity index (χ3v) is 3.60. The SMILES string of the molecule is CCCN(CC)C(=O)c1n[nH]c2c1C[C@H](C)O[C@@H]2C. The minimum Gasteiger partial charge on any atom is -0.369 e. The van der Waals surface area contributed by atoms with Crippen LogP contribution in [0.4, 0.5) is 0 Å². The lowest BCUT2D eigenvalue weighted by atomic mass is 9.99. The molecule has 0 aromatic carbocycles. The monoisotopic (exact) mass is 265 g/mol. The van der Waals surface area contributed by atoms with E-state index in [1.807, 2.05) is 25.7 Å². The number of aromatic amines is 1. The van der Waals surface area contributed by atoms with Gasteiger partial charge in [0, 0.05) is 25.1 Å². The second-order valence-corrected chi connectivity index (χ2v) is 5.14. The van der Waals surface area contributed by atoms with Crippen LogP contribution in [-0.4, -0.2) is 40.2 Å². The number of nitrogens with one attached hydrogen (secondary N) is 1. The third kappa shape index (κ3) is 2.66. The molecule has 19 heavy (non-hydrogen) atoms. The number of rotatable bonds is 4. The highest BCUT2D eigenvalue weighted by Gasteiger charge is 2.30. The van der Waals surface area contributed by atoms with Gasteiger partial charge in [-0.05, 0) is 27.2 Å². The second kappa shape index (κ2) is 5.74. The lowest BCUT2D eigenvalue weighted by molar-refractivity contribution is -0.00701. The van der Waals surface area contributed by atoms with Crippen molar-refractivity contribution < 1.29 is 9.53 Å². The quantitative estimate of drug-likeness (QED) is 0.908. The van der Waals surface area contributed by atoms with Gasteiger partial charge in [0.1, 0.15) is 0 Å². The van der Waals surface area contributed by atoms with Crippen molar-refractivity contribution in [3.63, 3.8) is 0 Å². The van der Waals surface area contributed by atoms with Crippen LogP contribution in [-0.2, 0) is 11.2 Å². The molecule has 0 saturated heterocycles. The molecular formula is C14H23N3O2. The van der Waals surface area contributed by atoms with Crippen molar-refractivity contribution in [3.05, 3.63) is 17.0 Å². The summed E-state index contributed by atoms with van der Waals surface area (Å²) < 4.78 is 5.74. The van der Waals surface area contributed by atoms with E-state index in [9.17, 15) is 4.79 Å². The fourth-order valence-corrected chi connectivity index (χ4v) is 2.67. The minimum atomic E-state index is -0.0194. The van der Waals surface area contributed by atoms with E-state index >= 15 is 0 Å². The lowest BCUT2D eigenvalue weighted by Crippen LogP contribution is -2.33. The fourth-order valence-electron chi connectivity index (χ4n) is 2.67. The Bertz CT molecular complexity index is 456. The molecule has 2 heterocycles. The van der Waals surface area contributed by atoms with Crippen molar-refractivity contribution >= 4 is 5.91 Å². The predicted molar refractivity (Wildman–Crippen MR) is 73.1 cm³/mol. The molecule has 2 atom stereocenters. The highest BCUT2D eigenvalue weighted by Crippen LogP contribution is 2.30. The minimum absolute atomic E-state index is 0.0194. The molecule has 1 aliphatic heterocycles. The lowest BCUT2D eigenvalue weighted by Gasteiger charge is -2.26. The van der Waals surface area contributed by atoms with Crippen LogP contribution in [0.3, 0.4) is 0 Å². The van der Waals surface area contributed by atoms with E-state index in [1.54, 1.807) is 0 Å². The number of amides is 1. The molecule has 1 aromatic rings. The summed E-state index contributed by atoms with van der Waals surface area (Å²) in [5, 5.41) is 7.21. The van der Waals surface area contributed by atoms with Gasteiger partial charge in [0.05, 0.1) is 17.9 Å². The van der Waals surface area contributed by atoms with E-state index in [4.69, 9.17) is 4.74 Å². The average Bonchev–Trinajstić information content (AvgIpc) is 2.79. The van der Waals surface area contributed by atoms with Crippen LogP contribution in [0, 0.1) is 0 Å². The standard InChI is InChI=1S/C14H23N3O2/c1-5-7-17(6-2)14(18)13-11-8-9(3)19-10(4)12(11)15-16-13/h9-10H,5-8H2,1-4H3,(H,15,16)/t9-,10+/m0/s1. The Balaban J connectivity index is 2.29. The molecule has 1 N–H and O–H groups in total. The van der Waals surface area contributed by atoms with Gasteiger partial charge < -0.3 is 9.64 Å². The van der Waals surface area contributed by atoms with E-state index in [0.717, 1.165) is 37.2 Å². The molecule has 2 rings (SSSR count). The molecule has 0 bridgehead atoms. The maximum atomic E-state index is 12.5. The molecule has 0 fully saturated rings. The van der Waals surface area contributed by atoms with Crippen molar-refractivity contribution in [2.24, 2.45) is 0 Å². The number of nitrogens with zero attached hydrogens (tertiary/aromatic N) is 2.